The van der Waals surface area contributed by atoms with E-state index in [1.807, 2.05) is 20.8 Å². The molecule has 22 heavy (non-hydrogen) atoms. The van der Waals surface area contributed by atoms with Crippen LogP contribution >= 0.6 is 0 Å². The second kappa shape index (κ2) is 6.30. The van der Waals surface area contributed by atoms with E-state index in [0.717, 1.165) is 6.42 Å². The molecule has 1 aliphatic rings. The largest absolute Gasteiger partial charge is 0.466 e. The zero-order valence-corrected chi connectivity index (χ0v) is 13.8. The van der Waals surface area contributed by atoms with Crippen molar-refractivity contribution >= 4 is 6.09 Å². The highest BCUT2D eigenvalue weighted by molar-refractivity contribution is 5.68. The first-order valence-corrected chi connectivity index (χ1v) is 7.65. The third-order valence-electron chi connectivity index (χ3n) is 3.63. The van der Waals surface area contributed by atoms with Gasteiger partial charge >= 0.3 is 6.09 Å². The van der Waals surface area contributed by atoms with Crippen molar-refractivity contribution < 1.29 is 19.1 Å². The van der Waals surface area contributed by atoms with E-state index in [0.29, 0.717) is 25.4 Å². The number of nitrogens with one attached hydrogen (secondary N) is 1. The first kappa shape index (κ1) is 16.8. The summed E-state index contributed by atoms with van der Waals surface area (Å²) in [6.07, 6.45) is 2.10. The molecule has 2 N–H and O–H groups in total. The number of carbonyl (C=O) groups excluding carboxylic acids is 1. The van der Waals surface area contributed by atoms with E-state index in [4.69, 9.17) is 9.15 Å². The third-order valence-corrected chi connectivity index (χ3v) is 3.63. The molecule has 0 spiro atoms. The van der Waals surface area contributed by atoms with Gasteiger partial charge in [-0.25, -0.2) is 4.79 Å². The minimum absolute atomic E-state index is 0.147. The topological polar surface area (TPSA) is 74.9 Å². The lowest BCUT2D eigenvalue weighted by Gasteiger charge is -2.25. The number of hydrogen-bond donors (Lipinski definition) is 2. The van der Waals surface area contributed by atoms with Crippen LogP contribution in [0.15, 0.2) is 22.8 Å². The lowest BCUT2D eigenvalue weighted by Crippen LogP contribution is -2.43. The summed E-state index contributed by atoms with van der Waals surface area (Å²) in [5.41, 5.74) is -1.55. The molecule has 2 heterocycles. The van der Waals surface area contributed by atoms with Crippen molar-refractivity contribution in [3.8, 4) is 0 Å². The highest BCUT2D eigenvalue weighted by Gasteiger charge is 2.32. The van der Waals surface area contributed by atoms with Crippen molar-refractivity contribution in [2.75, 3.05) is 19.6 Å². The van der Waals surface area contributed by atoms with Crippen LogP contribution in [0.3, 0.4) is 0 Å². The standard InChI is InChI=1S/C16H26N2O4/c1-15(2,3)22-14(19)18-8-7-12(10-18)17-11-16(4,20)13-6-5-9-21-13/h5-6,9,12,17,20H,7-8,10-11H2,1-4H3. The molecule has 1 aromatic heterocycles. The zero-order valence-electron chi connectivity index (χ0n) is 13.8. The first-order chi connectivity index (χ1) is 10.2. The molecule has 1 fully saturated rings. The molecular formula is C16H26N2O4. The molecule has 6 nitrogen and oxygen atoms in total. The van der Waals surface area contributed by atoms with E-state index in [9.17, 15) is 9.90 Å². The van der Waals surface area contributed by atoms with Crippen molar-refractivity contribution in [1.29, 1.82) is 0 Å². The number of nitrogens with zero attached hydrogens (tertiary/aromatic N) is 1. The number of hydrogen-bond acceptors (Lipinski definition) is 5. The Hall–Kier alpha value is -1.53. The monoisotopic (exact) mass is 310 g/mol. The number of amides is 1. The average Bonchev–Trinajstić information content (AvgIpc) is 3.06. The smallest absolute Gasteiger partial charge is 0.410 e. The molecule has 1 aromatic rings. The van der Waals surface area contributed by atoms with Gasteiger partial charge in [-0.1, -0.05) is 0 Å². The van der Waals surface area contributed by atoms with Gasteiger partial charge in [0.1, 0.15) is 17.0 Å². The summed E-state index contributed by atoms with van der Waals surface area (Å²) in [5.74, 6) is 0.530. The van der Waals surface area contributed by atoms with Gasteiger partial charge in [0.05, 0.1) is 6.26 Å². The van der Waals surface area contributed by atoms with E-state index in [1.54, 1.807) is 30.2 Å². The third kappa shape index (κ3) is 4.48. The molecule has 0 saturated carbocycles. The van der Waals surface area contributed by atoms with Gasteiger partial charge < -0.3 is 24.5 Å². The number of likely N-dealkylation sites (tertiary alicyclic amines) is 1. The predicted molar refractivity (Wildman–Crippen MR) is 82.5 cm³/mol. The van der Waals surface area contributed by atoms with E-state index >= 15 is 0 Å². The number of aliphatic hydroxyl groups is 1. The zero-order chi connectivity index (χ0) is 16.4. The maximum absolute atomic E-state index is 12.0. The van der Waals surface area contributed by atoms with E-state index in [2.05, 4.69) is 5.32 Å². The summed E-state index contributed by atoms with van der Waals surface area (Å²) < 4.78 is 10.6. The molecule has 2 rings (SSSR count). The maximum Gasteiger partial charge on any atom is 0.410 e. The van der Waals surface area contributed by atoms with Crippen molar-refractivity contribution in [2.24, 2.45) is 0 Å². The van der Waals surface area contributed by atoms with Crippen LogP contribution in [0.5, 0.6) is 0 Å². The molecule has 0 aliphatic carbocycles. The molecule has 2 unspecified atom stereocenters. The van der Waals surface area contributed by atoms with Gasteiger partial charge in [-0.05, 0) is 46.2 Å². The summed E-state index contributed by atoms with van der Waals surface area (Å²) in [7, 11) is 0. The highest BCUT2D eigenvalue weighted by Crippen LogP contribution is 2.21. The second-order valence-corrected chi connectivity index (χ2v) is 7.04. The van der Waals surface area contributed by atoms with Gasteiger partial charge in [0, 0.05) is 25.7 Å². The SMILES string of the molecule is CC(C)(C)OC(=O)N1CCC(NCC(C)(O)c2ccco2)C1. The fourth-order valence-corrected chi connectivity index (χ4v) is 2.43. The Kier molecular flexibility index (Phi) is 4.82. The number of furan rings is 1. The number of rotatable bonds is 4. The van der Waals surface area contributed by atoms with Crippen molar-refractivity contribution in [2.45, 2.75) is 51.4 Å². The van der Waals surface area contributed by atoms with Crippen LogP contribution in [0.1, 0.15) is 39.9 Å². The van der Waals surface area contributed by atoms with Gasteiger partial charge in [-0.3, -0.25) is 0 Å². The molecule has 6 heteroatoms. The Balaban J connectivity index is 1.80. The Bertz CT molecular complexity index is 491. The molecule has 0 bridgehead atoms. The van der Waals surface area contributed by atoms with Crippen molar-refractivity contribution in [1.82, 2.24) is 10.2 Å². The van der Waals surface area contributed by atoms with Crippen LogP contribution in [0.2, 0.25) is 0 Å². The predicted octanol–water partition coefficient (Wildman–Crippen LogP) is 2.09. The van der Waals surface area contributed by atoms with Gasteiger partial charge in [0.15, 0.2) is 0 Å². The molecule has 1 amide bonds. The fourth-order valence-electron chi connectivity index (χ4n) is 2.43. The maximum atomic E-state index is 12.0. The Morgan fingerprint density at radius 3 is 2.82 bits per heavy atom. The number of ether oxygens (including phenoxy) is 1. The van der Waals surface area contributed by atoms with Crippen LogP contribution in [-0.2, 0) is 10.3 Å². The first-order valence-electron chi connectivity index (χ1n) is 7.65. The molecule has 1 aliphatic heterocycles. The molecular weight excluding hydrogens is 284 g/mol. The van der Waals surface area contributed by atoms with Crippen LogP contribution in [0, 0.1) is 0 Å². The fraction of sp³-hybridized carbons (Fsp3) is 0.688. The summed E-state index contributed by atoms with van der Waals surface area (Å²) in [5, 5.41) is 13.7. The van der Waals surface area contributed by atoms with Gasteiger partial charge in [-0.15, -0.1) is 0 Å². The lowest BCUT2D eigenvalue weighted by molar-refractivity contribution is 0.0268. The molecule has 2 atom stereocenters. The minimum atomic E-state index is -1.07. The normalized spacial score (nSPS) is 21.7. The van der Waals surface area contributed by atoms with Crippen LogP contribution in [0.25, 0.3) is 0 Å². The second-order valence-electron chi connectivity index (χ2n) is 7.04. The summed E-state index contributed by atoms with van der Waals surface area (Å²) in [6, 6.07) is 3.65. The quantitative estimate of drug-likeness (QED) is 0.890. The van der Waals surface area contributed by atoms with Crippen LogP contribution in [-0.4, -0.2) is 47.4 Å². The number of carbonyl (C=O) groups is 1. The molecule has 1 saturated heterocycles. The van der Waals surface area contributed by atoms with Crippen LogP contribution in [0.4, 0.5) is 4.79 Å². The Morgan fingerprint density at radius 1 is 1.50 bits per heavy atom. The summed E-state index contributed by atoms with van der Waals surface area (Å²) >= 11 is 0. The van der Waals surface area contributed by atoms with Crippen molar-refractivity contribution in [3.05, 3.63) is 24.2 Å². The molecule has 0 aromatic carbocycles. The summed E-state index contributed by atoms with van der Waals surface area (Å²) in [6.45, 7) is 8.90. The molecule has 0 radical (unpaired) electrons. The summed E-state index contributed by atoms with van der Waals surface area (Å²) in [4.78, 5) is 13.7. The molecule has 124 valence electrons. The van der Waals surface area contributed by atoms with Gasteiger partial charge in [0.2, 0.25) is 0 Å². The average molecular weight is 310 g/mol. The Labute approximate surface area is 131 Å². The van der Waals surface area contributed by atoms with E-state index < -0.39 is 11.2 Å². The van der Waals surface area contributed by atoms with E-state index in [-0.39, 0.29) is 12.1 Å². The highest BCUT2D eigenvalue weighted by atomic mass is 16.6. The van der Waals surface area contributed by atoms with Gasteiger partial charge in [0.25, 0.3) is 0 Å². The van der Waals surface area contributed by atoms with Crippen molar-refractivity contribution in [3.63, 3.8) is 0 Å². The lowest BCUT2D eigenvalue weighted by atomic mass is 10.0. The van der Waals surface area contributed by atoms with E-state index in [1.165, 1.54) is 0 Å². The minimum Gasteiger partial charge on any atom is -0.466 e. The van der Waals surface area contributed by atoms with Crippen LogP contribution < -0.4 is 5.32 Å². The van der Waals surface area contributed by atoms with Gasteiger partial charge in [-0.2, -0.15) is 0 Å². The Morgan fingerprint density at radius 2 is 2.23 bits per heavy atom.